The van der Waals surface area contributed by atoms with Crippen LogP contribution in [0.3, 0.4) is 0 Å². The molecule has 0 saturated heterocycles. The molecule has 1 aliphatic heterocycles. The molecule has 1 aromatic heterocycles. The third kappa shape index (κ3) is 0.542. The molecule has 9 heavy (non-hydrogen) atoms. The Morgan fingerprint density at radius 3 is 3.44 bits per heavy atom. The van der Waals surface area contributed by atoms with E-state index < -0.39 is 0 Å². The number of hydrogen-bond donors (Lipinski definition) is 1. The number of hydrogen-bond acceptors (Lipinski definition) is 2. The second-order valence-corrected chi connectivity index (χ2v) is 2.33. The molecule has 1 N–H and O–H groups in total. The van der Waals surface area contributed by atoms with Crippen molar-refractivity contribution in [2.24, 2.45) is 0 Å². The highest BCUT2D eigenvalue weighted by Crippen LogP contribution is 2.16. The van der Waals surface area contributed by atoms with Gasteiger partial charge in [-0.05, 0) is 6.92 Å². The average Bonchev–Trinajstić information content (AvgIpc) is 2.35. The third-order valence-electron chi connectivity index (χ3n) is 1.64. The Bertz CT molecular complexity index is 226. The van der Waals surface area contributed by atoms with Crippen LogP contribution >= 0.6 is 0 Å². The summed E-state index contributed by atoms with van der Waals surface area (Å²) >= 11 is 0. The van der Waals surface area contributed by atoms with Gasteiger partial charge >= 0.3 is 0 Å². The normalized spacial score (nSPS) is 15.2. The Hall–Kier alpha value is -0.990. The first-order chi connectivity index (χ1) is 4.38. The van der Waals surface area contributed by atoms with Crippen molar-refractivity contribution in [3.8, 4) is 0 Å². The van der Waals surface area contributed by atoms with E-state index in [1.54, 1.807) is 0 Å². The summed E-state index contributed by atoms with van der Waals surface area (Å²) in [5.74, 6) is 1.19. The predicted molar refractivity (Wildman–Crippen MR) is 35.5 cm³/mol. The molecule has 2 heterocycles. The maximum absolute atomic E-state index is 4.15. The molecule has 0 unspecified atom stereocenters. The van der Waals surface area contributed by atoms with Gasteiger partial charge in [0.2, 0.25) is 0 Å². The first-order valence-electron chi connectivity index (χ1n) is 3.14. The van der Waals surface area contributed by atoms with E-state index in [0.717, 1.165) is 13.1 Å². The maximum Gasteiger partial charge on any atom is 0.127 e. The highest BCUT2D eigenvalue weighted by Gasteiger charge is 2.11. The zero-order chi connectivity index (χ0) is 6.27. The largest absolute Gasteiger partial charge is 0.368 e. The van der Waals surface area contributed by atoms with Crippen LogP contribution in [-0.4, -0.2) is 16.3 Å². The van der Waals surface area contributed by atoms with Gasteiger partial charge in [-0.25, -0.2) is 4.68 Å². The average molecular weight is 123 g/mol. The number of aryl methyl sites for hydroxylation is 1. The van der Waals surface area contributed by atoms with Crippen LogP contribution in [0, 0.1) is 6.92 Å². The predicted octanol–water partition coefficient (Wildman–Crippen LogP) is 0.617. The molecule has 0 aliphatic carbocycles. The highest BCUT2D eigenvalue weighted by atomic mass is 15.4. The van der Waals surface area contributed by atoms with Crippen molar-refractivity contribution in [2.45, 2.75) is 13.5 Å². The fourth-order valence-electron chi connectivity index (χ4n) is 1.16. The maximum atomic E-state index is 4.15. The van der Waals surface area contributed by atoms with Crippen molar-refractivity contribution in [1.82, 2.24) is 9.78 Å². The lowest BCUT2D eigenvalue weighted by Crippen LogP contribution is -1.95. The molecule has 1 aliphatic rings. The molecule has 0 bridgehead atoms. The fourth-order valence-corrected chi connectivity index (χ4v) is 1.16. The Kier molecular flexibility index (Phi) is 0.806. The smallest absolute Gasteiger partial charge is 0.127 e. The molecule has 0 saturated carbocycles. The monoisotopic (exact) mass is 123 g/mol. The summed E-state index contributed by atoms with van der Waals surface area (Å²) in [6.07, 6.45) is 1.89. The molecule has 0 aromatic carbocycles. The zero-order valence-electron chi connectivity index (χ0n) is 5.39. The topological polar surface area (TPSA) is 29.9 Å². The first kappa shape index (κ1) is 4.85. The molecular weight excluding hydrogens is 114 g/mol. The van der Waals surface area contributed by atoms with Crippen molar-refractivity contribution in [3.05, 3.63) is 11.8 Å². The summed E-state index contributed by atoms with van der Waals surface area (Å²) in [6.45, 7) is 4.12. The molecule has 0 amide bonds. The molecule has 0 atom stereocenters. The van der Waals surface area contributed by atoms with Gasteiger partial charge in [0, 0.05) is 12.1 Å². The van der Waals surface area contributed by atoms with Gasteiger partial charge in [-0.2, -0.15) is 5.10 Å². The molecule has 3 nitrogen and oxygen atoms in total. The van der Waals surface area contributed by atoms with Crippen molar-refractivity contribution in [1.29, 1.82) is 0 Å². The number of nitrogens with zero attached hydrogens (tertiary/aromatic N) is 2. The molecule has 3 heteroatoms. The summed E-state index contributed by atoms with van der Waals surface area (Å²) < 4.78 is 2.00. The van der Waals surface area contributed by atoms with Gasteiger partial charge in [0.15, 0.2) is 0 Å². The molecule has 0 fully saturated rings. The van der Waals surface area contributed by atoms with E-state index in [9.17, 15) is 0 Å². The number of anilines is 1. The van der Waals surface area contributed by atoms with E-state index in [1.807, 2.05) is 10.9 Å². The van der Waals surface area contributed by atoms with Crippen molar-refractivity contribution >= 4 is 5.82 Å². The Balaban J connectivity index is 2.56. The molecule has 48 valence electrons. The lowest BCUT2D eigenvalue weighted by molar-refractivity contribution is 0.696. The summed E-state index contributed by atoms with van der Waals surface area (Å²) in [5.41, 5.74) is 1.24. The van der Waals surface area contributed by atoms with E-state index >= 15 is 0 Å². The molecule has 1 aromatic rings. The van der Waals surface area contributed by atoms with Crippen LogP contribution in [-0.2, 0) is 6.54 Å². The standard InChI is InChI=1S/C6H9N3/c1-5-4-8-9-3-2-7-6(5)9/h4,7H,2-3H2,1H3. The minimum atomic E-state index is 1.02. The molecule has 2 rings (SSSR count). The molecular formula is C6H9N3. The Labute approximate surface area is 53.7 Å². The molecule has 0 spiro atoms. The van der Waals surface area contributed by atoms with Crippen LogP contribution in [0.5, 0.6) is 0 Å². The summed E-state index contributed by atoms with van der Waals surface area (Å²) in [6, 6.07) is 0. The number of nitrogens with one attached hydrogen (secondary N) is 1. The van der Waals surface area contributed by atoms with Crippen molar-refractivity contribution in [2.75, 3.05) is 11.9 Å². The van der Waals surface area contributed by atoms with Gasteiger partial charge in [0.25, 0.3) is 0 Å². The fraction of sp³-hybridized carbons (Fsp3) is 0.500. The second kappa shape index (κ2) is 1.50. The van der Waals surface area contributed by atoms with Gasteiger partial charge < -0.3 is 5.32 Å². The van der Waals surface area contributed by atoms with Crippen molar-refractivity contribution < 1.29 is 0 Å². The summed E-state index contributed by atoms with van der Waals surface area (Å²) in [4.78, 5) is 0. The van der Waals surface area contributed by atoms with Crippen LogP contribution in [0.4, 0.5) is 5.82 Å². The Morgan fingerprint density at radius 2 is 2.67 bits per heavy atom. The van der Waals surface area contributed by atoms with Crippen LogP contribution in [0.15, 0.2) is 6.20 Å². The van der Waals surface area contributed by atoms with E-state index in [2.05, 4.69) is 17.3 Å². The lowest BCUT2D eigenvalue weighted by Gasteiger charge is -1.91. The Morgan fingerprint density at radius 1 is 1.78 bits per heavy atom. The van der Waals surface area contributed by atoms with Crippen LogP contribution in [0.1, 0.15) is 5.56 Å². The third-order valence-corrected chi connectivity index (χ3v) is 1.64. The summed E-state index contributed by atoms with van der Waals surface area (Å²) in [5, 5.41) is 7.40. The molecule has 0 radical (unpaired) electrons. The van der Waals surface area contributed by atoms with E-state index in [1.165, 1.54) is 11.4 Å². The zero-order valence-corrected chi connectivity index (χ0v) is 5.39. The SMILES string of the molecule is Cc1cnn2c1NCC2. The van der Waals surface area contributed by atoms with Crippen LogP contribution in [0.25, 0.3) is 0 Å². The van der Waals surface area contributed by atoms with Gasteiger partial charge in [-0.3, -0.25) is 0 Å². The minimum absolute atomic E-state index is 1.02. The van der Waals surface area contributed by atoms with E-state index in [0.29, 0.717) is 0 Å². The lowest BCUT2D eigenvalue weighted by atomic mass is 10.4. The van der Waals surface area contributed by atoms with Crippen LogP contribution < -0.4 is 5.32 Å². The highest BCUT2D eigenvalue weighted by molar-refractivity contribution is 5.45. The minimum Gasteiger partial charge on any atom is -0.368 e. The van der Waals surface area contributed by atoms with Gasteiger partial charge in [0.05, 0.1) is 12.7 Å². The van der Waals surface area contributed by atoms with E-state index in [4.69, 9.17) is 0 Å². The van der Waals surface area contributed by atoms with Crippen LogP contribution in [0.2, 0.25) is 0 Å². The van der Waals surface area contributed by atoms with Gasteiger partial charge in [-0.1, -0.05) is 0 Å². The number of fused-ring (bicyclic) bond motifs is 1. The second-order valence-electron chi connectivity index (χ2n) is 2.33. The first-order valence-corrected chi connectivity index (χ1v) is 3.14. The quantitative estimate of drug-likeness (QED) is 0.548. The number of aromatic nitrogens is 2. The number of rotatable bonds is 0. The van der Waals surface area contributed by atoms with Crippen molar-refractivity contribution in [3.63, 3.8) is 0 Å². The van der Waals surface area contributed by atoms with E-state index in [-0.39, 0.29) is 0 Å². The van der Waals surface area contributed by atoms with Gasteiger partial charge in [0.1, 0.15) is 5.82 Å². The summed E-state index contributed by atoms with van der Waals surface area (Å²) in [7, 11) is 0. The van der Waals surface area contributed by atoms with Gasteiger partial charge in [-0.15, -0.1) is 0 Å².